The minimum atomic E-state index is -0.984. The summed E-state index contributed by atoms with van der Waals surface area (Å²) in [5.41, 5.74) is 12.4. The zero-order chi connectivity index (χ0) is 44.1. The Hall–Kier alpha value is -6.55. The van der Waals surface area contributed by atoms with Gasteiger partial charge in [0.1, 0.15) is 11.8 Å². The van der Waals surface area contributed by atoms with Gasteiger partial charge < -0.3 is 30.4 Å². The lowest BCUT2D eigenvalue weighted by Gasteiger charge is -2.45. The second-order valence-corrected chi connectivity index (χ2v) is 18.3. The van der Waals surface area contributed by atoms with Gasteiger partial charge in [-0.25, -0.2) is 0 Å². The third kappa shape index (κ3) is 7.99. The molecule has 332 valence electrons. The number of aromatic nitrogens is 2. The van der Waals surface area contributed by atoms with Gasteiger partial charge in [-0.1, -0.05) is 24.3 Å². The first kappa shape index (κ1) is 41.5. The zero-order valence-electron chi connectivity index (χ0n) is 36.0. The summed E-state index contributed by atoms with van der Waals surface area (Å²) in [7, 11) is 0. The molecule has 0 bridgehead atoms. The molecule has 6 heterocycles. The number of rotatable bonds is 10. The van der Waals surface area contributed by atoms with Crippen molar-refractivity contribution in [2.45, 2.75) is 69.5 Å². The second-order valence-electron chi connectivity index (χ2n) is 18.3. The molecule has 1 spiro atoms. The number of phenolic OH excluding ortho intramolecular Hbond substituents is 1. The molecule has 4 aromatic rings. The van der Waals surface area contributed by atoms with Crippen molar-refractivity contribution in [3.8, 4) is 17.0 Å². The standard InChI is InChI=1S/C48H54N10O6/c49-44-40(28-38(51-52-44)36-6-1-2-7-41(36)59)56-24-25-57(48(30-56)16-17-48)34-5-3-4-32(26-34)29-53-20-22-55(23-21-53)43(61)13-8-31-14-18-54(19-15-31)33-9-10-35-37(27-33)47(64)58(46(35)63)39-11-12-42(60)50-45(39)62/h1-7,9-10,26-28,31,39,59H,8,11-25,29-30H2,(H2,49,52)(H,50,60,62). The van der Waals surface area contributed by atoms with E-state index >= 15 is 0 Å². The summed E-state index contributed by atoms with van der Waals surface area (Å²) < 4.78 is 0. The van der Waals surface area contributed by atoms with Crippen LogP contribution in [-0.2, 0) is 20.9 Å². The van der Waals surface area contributed by atoms with Crippen LogP contribution in [0, 0.1) is 5.92 Å². The molecule has 10 rings (SSSR count). The molecule has 1 atom stereocenters. The maximum absolute atomic E-state index is 13.4. The lowest BCUT2D eigenvalue weighted by atomic mass is 9.91. The Morgan fingerprint density at radius 2 is 1.55 bits per heavy atom. The number of carbonyl (C=O) groups excluding carboxylic acids is 5. The van der Waals surface area contributed by atoms with Gasteiger partial charge in [-0.3, -0.25) is 39.1 Å². The molecule has 1 unspecified atom stereocenters. The van der Waals surface area contributed by atoms with Crippen molar-refractivity contribution >= 4 is 52.4 Å². The second kappa shape index (κ2) is 16.9. The number of hydrogen-bond donors (Lipinski definition) is 3. The molecule has 64 heavy (non-hydrogen) atoms. The van der Waals surface area contributed by atoms with Crippen molar-refractivity contribution in [3.05, 3.63) is 89.5 Å². The first-order chi connectivity index (χ1) is 31.0. The van der Waals surface area contributed by atoms with Crippen LogP contribution in [0.1, 0.15) is 77.6 Å². The van der Waals surface area contributed by atoms with E-state index in [0.717, 1.165) is 114 Å². The summed E-state index contributed by atoms with van der Waals surface area (Å²) in [6, 6.07) is 22.3. The van der Waals surface area contributed by atoms with Crippen molar-refractivity contribution in [1.82, 2.24) is 30.2 Å². The molecule has 6 aliphatic rings. The number of nitrogens with zero attached hydrogens (tertiary/aromatic N) is 8. The van der Waals surface area contributed by atoms with Gasteiger partial charge in [0, 0.05) is 95.2 Å². The van der Waals surface area contributed by atoms with E-state index in [-0.39, 0.29) is 35.6 Å². The number of carbonyl (C=O) groups is 5. The molecule has 1 aromatic heterocycles. The lowest BCUT2D eigenvalue weighted by Crippen LogP contribution is -2.55. The van der Waals surface area contributed by atoms with Gasteiger partial charge in [0.25, 0.3) is 11.8 Å². The monoisotopic (exact) mass is 866 g/mol. The van der Waals surface area contributed by atoms with Crippen LogP contribution in [0.15, 0.2) is 72.8 Å². The number of anilines is 4. The summed E-state index contributed by atoms with van der Waals surface area (Å²) in [6.07, 6.45) is 5.67. The highest BCUT2D eigenvalue weighted by atomic mass is 16.3. The summed E-state index contributed by atoms with van der Waals surface area (Å²) >= 11 is 0. The summed E-state index contributed by atoms with van der Waals surface area (Å²) in [5.74, 6) is -0.805. The third-order valence-electron chi connectivity index (χ3n) is 14.3. The number of piperidine rings is 2. The van der Waals surface area contributed by atoms with E-state index in [0.29, 0.717) is 35.0 Å². The van der Waals surface area contributed by atoms with E-state index in [1.807, 2.05) is 29.2 Å². The molecule has 5 fully saturated rings. The SMILES string of the molecule is Nc1nnc(-c2ccccc2O)cc1N1CCN(c2cccc(CN3CCN(C(=O)CCC4CCN(c5ccc6c(c5)C(=O)N(C5CCC(=O)NC5=O)C6=O)CC4)CC3)c2)C2(CC2)C1. The van der Waals surface area contributed by atoms with Gasteiger partial charge in [0.2, 0.25) is 17.7 Å². The number of nitrogen functional groups attached to an aromatic ring is 1. The Balaban J connectivity index is 0.677. The number of para-hydroxylation sites is 1. The molecule has 16 heteroatoms. The molecule has 1 aliphatic carbocycles. The molecular formula is C48H54N10O6. The number of fused-ring (bicyclic) bond motifs is 1. The zero-order valence-corrected chi connectivity index (χ0v) is 36.0. The normalized spacial score (nSPS) is 21.4. The Morgan fingerprint density at radius 3 is 2.31 bits per heavy atom. The number of benzene rings is 3. The maximum Gasteiger partial charge on any atom is 0.262 e. The van der Waals surface area contributed by atoms with Crippen LogP contribution in [-0.4, -0.2) is 130 Å². The smallest absolute Gasteiger partial charge is 0.262 e. The van der Waals surface area contributed by atoms with Gasteiger partial charge in [-0.15, -0.1) is 10.2 Å². The highest BCUT2D eigenvalue weighted by Gasteiger charge is 2.52. The highest BCUT2D eigenvalue weighted by Crippen LogP contribution is 2.48. The largest absolute Gasteiger partial charge is 0.507 e. The van der Waals surface area contributed by atoms with Crippen molar-refractivity contribution in [3.63, 3.8) is 0 Å². The fourth-order valence-electron chi connectivity index (χ4n) is 10.5. The Labute approximate surface area is 372 Å². The van der Waals surface area contributed by atoms with E-state index in [2.05, 4.69) is 59.4 Å². The number of piperazine rings is 2. The minimum absolute atomic E-state index is 0.0300. The van der Waals surface area contributed by atoms with E-state index in [1.54, 1.807) is 24.3 Å². The molecule has 4 N–H and O–H groups in total. The van der Waals surface area contributed by atoms with Crippen LogP contribution >= 0.6 is 0 Å². The maximum atomic E-state index is 13.4. The van der Waals surface area contributed by atoms with Crippen molar-refractivity contribution < 1.29 is 29.1 Å². The number of amides is 5. The molecule has 5 aliphatic heterocycles. The number of nitrogens with two attached hydrogens (primary N) is 1. The Kier molecular flexibility index (Phi) is 10.9. The van der Waals surface area contributed by atoms with Gasteiger partial charge in [0.15, 0.2) is 5.82 Å². The van der Waals surface area contributed by atoms with Crippen LogP contribution in [0.3, 0.4) is 0 Å². The first-order valence-electron chi connectivity index (χ1n) is 22.7. The minimum Gasteiger partial charge on any atom is -0.507 e. The Bertz CT molecular complexity index is 2510. The summed E-state index contributed by atoms with van der Waals surface area (Å²) in [4.78, 5) is 76.6. The first-order valence-corrected chi connectivity index (χ1v) is 22.7. The van der Waals surface area contributed by atoms with Gasteiger partial charge >= 0.3 is 0 Å². The third-order valence-corrected chi connectivity index (χ3v) is 14.3. The van der Waals surface area contributed by atoms with Crippen LogP contribution < -0.4 is 25.8 Å². The Morgan fingerprint density at radius 1 is 0.766 bits per heavy atom. The number of imide groups is 2. The topological polar surface area (TPSA) is 189 Å². The fraction of sp³-hybridized carbons (Fsp3) is 0.438. The molecule has 16 nitrogen and oxygen atoms in total. The number of aromatic hydroxyl groups is 1. The number of hydrogen-bond acceptors (Lipinski definition) is 13. The predicted molar refractivity (Wildman–Crippen MR) is 241 cm³/mol. The molecule has 4 saturated heterocycles. The van der Waals surface area contributed by atoms with E-state index < -0.39 is 29.7 Å². The van der Waals surface area contributed by atoms with Crippen molar-refractivity contribution in [1.29, 1.82) is 0 Å². The van der Waals surface area contributed by atoms with Crippen molar-refractivity contribution in [2.24, 2.45) is 5.92 Å². The average molecular weight is 867 g/mol. The fourth-order valence-corrected chi connectivity index (χ4v) is 10.5. The number of phenols is 1. The predicted octanol–water partition coefficient (Wildman–Crippen LogP) is 4.03. The van der Waals surface area contributed by atoms with Crippen LogP contribution in [0.25, 0.3) is 11.3 Å². The lowest BCUT2D eigenvalue weighted by molar-refractivity contribution is -0.136. The molecule has 5 amide bonds. The molecular weight excluding hydrogens is 813 g/mol. The summed E-state index contributed by atoms with van der Waals surface area (Å²) in [5, 5.41) is 21.2. The van der Waals surface area contributed by atoms with Gasteiger partial charge in [0.05, 0.1) is 28.0 Å². The quantitative estimate of drug-likeness (QED) is 0.194. The average Bonchev–Trinajstić information content (AvgIpc) is 4.02. The van der Waals surface area contributed by atoms with E-state index in [9.17, 15) is 29.1 Å². The van der Waals surface area contributed by atoms with E-state index in [4.69, 9.17) is 5.73 Å². The highest BCUT2D eigenvalue weighted by molar-refractivity contribution is 6.23. The van der Waals surface area contributed by atoms with Crippen molar-refractivity contribution in [2.75, 3.05) is 79.3 Å². The number of nitrogens with one attached hydrogen (secondary N) is 1. The van der Waals surface area contributed by atoms with Crippen LogP contribution in [0.4, 0.5) is 22.9 Å². The van der Waals surface area contributed by atoms with Gasteiger partial charge in [-0.2, -0.15) is 0 Å². The van der Waals surface area contributed by atoms with E-state index in [1.165, 1.54) is 11.3 Å². The molecule has 3 aromatic carbocycles. The van der Waals surface area contributed by atoms with Crippen LogP contribution in [0.5, 0.6) is 5.75 Å². The van der Waals surface area contributed by atoms with Gasteiger partial charge in [-0.05, 0) is 98.5 Å². The van der Waals surface area contributed by atoms with Crippen LogP contribution in [0.2, 0.25) is 0 Å². The molecule has 0 radical (unpaired) electrons. The molecule has 1 saturated carbocycles. The summed E-state index contributed by atoms with van der Waals surface area (Å²) in [6.45, 7) is 8.00.